The molecule has 2 atom stereocenters. The van der Waals surface area contributed by atoms with E-state index in [4.69, 9.17) is 0 Å². The summed E-state index contributed by atoms with van der Waals surface area (Å²) in [6.07, 6.45) is 5.05. The highest BCUT2D eigenvalue weighted by Gasteiger charge is 2.22. The Kier molecular flexibility index (Phi) is 4.23. The zero-order valence-corrected chi connectivity index (χ0v) is 11.2. The van der Waals surface area contributed by atoms with E-state index in [1.165, 1.54) is 31.7 Å². The fourth-order valence-electron chi connectivity index (χ4n) is 2.94. The number of phenolic OH excluding ortho intramolecular Hbond substituents is 1. The number of aromatic hydroxyl groups is 1. The molecule has 1 aliphatic carbocycles. The molecule has 2 unspecified atom stereocenters. The van der Waals surface area contributed by atoms with Gasteiger partial charge in [0, 0.05) is 18.7 Å². The Hall–Kier alpha value is -1.09. The lowest BCUT2D eigenvalue weighted by Crippen LogP contribution is -2.35. The third-order valence-corrected chi connectivity index (χ3v) is 3.91. The van der Waals surface area contributed by atoms with E-state index in [0.717, 1.165) is 17.5 Å². The van der Waals surface area contributed by atoms with Crippen molar-refractivity contribution in [2.45, 2.75) is 45.2 Å². The third kappa shape index (κ3) is 3.45. The van der Waals surface area contributed by atoms with Gasteiger partial charge in [0.1, 0.15) is 11.6 Å². The second-order valence-electron chi connectivity index (χ2n) is 5.66. The van der Waals surface area contributed by atoms with Gasteiger partial charge in [-0.1, -0.05) is 19.8 Å². The molecule has 3 heteroatoms. The first-order chi connectivity index (χ1) is 8.54. The molecule has 0 saturated heterocycles. The van der Waals surface area contributed by atoms with Crippen LogP contribution in [-0.2, 0) is 6.54 Å². The molecule has 1 aromatic carbocycles. The Bertz CT molecular complexity index is 387. The van der Waals surface area contributed by atoms with Crippen LogP contribution in [0.2, 0.25) is 0 Å². The SMILES string of the molecule is CC1CCCC(N(C)Cc2cc(O)cc(F)c2)C1. The van der Waals surface area contributed by atoms with Crippen molar-refractivity contribution in [2.24, 2.45) is 5.92 Å². The van der Waals surface area contributed by atoms with Gasteiger partial charge in [0.25, 0.3) is 0 Å². The predicted molar refractivity (Wildman–Crippen MR) is 71.0 cm³/mol. The number of rotatable bonds is 3. The van der Waals surface area contributed by atoms with Crippen LogP contribution in [0.5, 0.6) is 5.75 Å². The maximum atomic E-state index is 13.2. The van der Waals surface area contributed by atoms with E-state index < -0.39 is 0 Å². The summed E-state index contributed by atoms with van der Waals surface area (Å²) in [5.74, 6) is 0.429. The fourth-order valence-corrected chi connectivity index (χ4v) is 2.94. The van der Waals surface area contributed by atoms with Crippen molar-refractivity contribution in [2.75, 3.05) is 7.05 Å². The van der Waals surface area contributed by atoms with Crippen molar-refractivity contribution in [3.63, 3.8) is 0 Å². The van der Waals surface area contributed by atoms with Crippen LogP contribution in [0.25, 0.3) is 0 Å². The van der Waals surface area contributed by atoms with Crippen LogP contribution in [0.1, 0.15) is 38.2 Å². The van der Waals surface area contributed by atoms with Crippen LogP contribution in [0, 0.1) is 11.7 Å². The van der Waals surface area contributed by atoms with Crippen molar-refractivity contribution in [1.29, 1.82) is 0 Å². The second-order valence-corrected chi connectivity index (χ2v) is 5.66. The Labute approximate surface area is 108 Å². The second kappa shape index (κ2) is 5.70. The van der Waals surface area contributed by atoms with Crippen molar-refractivity contribution in [3.05, 3.63) is 29.6 Å². The molecule has 0 amide bonds. The molecule has 0 bridgehead atoms. The number of halogens is 1. The lowest BCUT2D eigenvalue weighted by Gasteiger charge is -2.34. The first kappa shape index (κ1) is 13.3. The van der Waals surface area contributed by atoms with Crippen molar-refractivity contribution in [3.8, 4) is 5.75 Å². The molecular weight excluding hydrogens is 229 g/mol. The topological polar surface area (TPSA) is 23.5 Å². The van der Waals surface area contributed by atoms with Gasteiger partial charge in [0.15, 0.2) is 0 Å². The van der Waals surface area contributed by atoms with Gasteiger partial charge in [-0.15, -0.1) is 0 Å². The standard InChI is InChI=1S/C15H22FNO/c1-11-4-3-5-14(6-11)17(2)10-12-7-13(16)9-15(18)8-12/h7-9,11,14,18H,3-6,10H2,1-2H3. The molecule has 1 aliphatic rings. The van der Waals surface area contributed by atoms with E-state index in [2.05, 4.69) is 18.9 Å². The highest BCUT2D eigenvalue weighted by molar-refractivity contribution is 5.28. The molecule has 18 heavy (non-hydrogen) atoms. The summed E-state index contributed by atoms with van der Waals surface area (Å²) in [5, 5.41) is 9.40. The molecule has 1 saturated carbocycles. The zero-order valence-electron chi connectivity index (χ0n) is 11.2. The van der Waals surface area contributed by atoms with Gasteiger partial charge >= 0.3 is 0 Å². The van der Waals surface area contributed by atoms with Crippen LogP contribution >= 0.6 is 0 Å². The monoisotopic (exact) mass is 251 g/mol. The number of nitrogens with zero attached hydrogens (tertiary/aromatic N) is 1. The summed E-state index contributed by atoms with van der Waals surface area (Å²) in [7, 11) is 2.09. The Morgan fingerprint density at radius 2 is 2.11 bits per heavy atom. The molecular formula is C15H22FNO. The van der Waals surface area contributed by atoms with Gasteiger partial charge in [-0.2, -0.15) is 0 Å². The van der Waals surface area contributed by atoms with E-state index >= 15 is 0 Å². The lowest BCUT2D eigenvalue weighted by atomic mass is 9.86. The average molecular weight is 251 g/mol. The van der Waals surface area contributed by atoms with E-state index in [0.29, 0.717) is 12.6 Å². The fraction of sp³-hybridized carbons (Fsp3) is 0.600. The molecule has 0 aromatic heterocycles. The van der Waals surface area contributed by atoms with Crippen molar-refractivity contribution >= 4 is 0 Å². The van der Waals surface area contributed by atoms with Crippen LogP contribution < -0.4 is 0 Å². The molecule has 2 nitrogen and oxygen atoms in total. The van der Waals surface area contributed by atoms with E-state index in [1.54, 1.807) is 6.07 Å². The maximum absolute atomic E-state index is 13.2. The van der Waals surface area contributed by atoms with E-state index in [-0.39, 0.29) is 11.6 Å². The molecule has 1 N–H and O–H groups in total. The molecule has 0 aliphatic heterocycles. The minimum atomic E-state index is -0.365. The van der Waals surface area contributed by atoms with Gasteiger partial charge < -0.3 is 5.11 Å². The molecule has 100 valence electrons. The van der Waals surface area contributed by atoms with Crippen LogP contribution in [-0.4, -0.2) is 23.1 Å². The molecule has 2 rings (SSSR count). The smallest absolute Gasteiger partial charge is 0.127 e. The molecule has 0 spiro atoms. The molecule has 0 heterocycles. The van der Waals surface area contributed by atoms with Gasteiger partial charge in [-0.3, -0.25) is 4.90 Å². The van der Waals surface area contributed by atoms with Gasteiger partial charge in [0.05, 0.1) is 0 Å². The van der Waals surface area contributed by atoms with Crippen molar-refractivity contribution < 1.29 is 9.50 Å². The van der Waals surface area contributed by atoms with Gasteiger partial charge in [-0.05, 0) is 43.5 Å². The van der Waals surface area contributed by atoms with Gasteiger partial charge in [-0.25, -0.2) is 4.39 Å². The summed E-state index contributed by atoms with van der Waals surface area (Å²) in [5.41, 5.74) is 0.841. The number of benzene rings is 1. The molecule has 0 radical (unpaired) electrons. The minimum Gasteiger partial charge on any atom is -0.508 e. The lowest BCUT2D eigenvalue weighted by molar-refractivity contribution is 0.157. The predicted octanol–water partition coefficient (Wildman–Crippen LogP) is 3.54. The van der Waals surface area contributed by atoms with E-state index in [9.17, 15) is 9.50 Å². The minimum absolute atomic E-state index is 0.00964. The number of phenols is 1. The Balaban J connectivity index is 1.99. The van der Waals surface area contributed by atoms with Crippen LogP contribution in [0.3, 0.4) is 0 Å². The summed E-state index contributed by atoms with van der Waals surface area (Å²) in [4.78, 5) is 2.28. The normalized spacial score (nSPS) is 24.4. The third-order valence-electron chi connectivity index (χ3n) is 3.91. The number of hydrogen-bond donors (Lipinski definition) is 1. The Morgan fingerprint density at radius 1 is 1.33 bits per heavy atom. The van der Waals surface area contributed by atoms with Gasteiger partial charge in [0.2, 0.25) is 0 Å². The largest absolute Gasteiger partial charge is 0.508 e. The van der Waals surface area contributed by atoms with Crippen LogP contribution in [0.4, 0.5) is 4.39 Å². The van der Waals surface area contributed by atoms with Crippen LogP contribution in [0.15, 0.2) is 18.2 Å². The highest BCUT2D eigenvalue weighted by Crippen LogP contribution is 2.27. The van der Waals surface area contributed by atoms with E-state index in [1.807, 2.05) is 0 Å². The quantitative estimate of drug-likeness (QED) is 0.888. The maximum Gasteiger partial charge on any atom is 0.127 e. The average Bonchev–Trinajstić information content (AvgIpc) is 2.27. The molecule has 1 fully saturated rings. The Morgan fingerprint density at radius 3 is 2.78 bits per heavy atom. The number of hydrogen-bond acceptors (Lipinski definition) is 2. The summed E-state index contributed by atoms with van der Waals surface area (Å²) >= 11 is 0. The summed E-state index contributed by atoms with van der Waals surface area (Å²) in [6.45, 7) is 3.00. The molecule has 1 aromatic rings. The summed E-state index contributed by atoms with van der Waals surface area (Å²) < 4.78 is 13.2. The first-order valence-corrected chi connectivity index (χ1v) is 6.73. The highest BCUT2D eigenvalue weighted by atomic mass is 19.1. The van der Waals surface area contributed by atoms with Crippen molar-refractivity contribution in [1.82, 2.24) is 4.90 Å². The zero-order chi connectivity index (χ0) is 13.1. The summed E-state index contributed by atoms with van der Waals surface area (Å²) in [6, 6.07) is 4.87. The first-order valence-electron chi connectivity index (χ1n) is 6.73.